The molecular weight excluding hydrogens is 430 g/mol. The molecule has 0 unspecified atom stereocenters. The Balaban J connectivity index is 1.72. The molecule has 0 spiro atoms. The van der Waals surface area contributed by atoms with Crippen LogP contribution in [0.15, 0.2) is 69.4 Å². The first kappa shape index (κ1) is 19.6. The van der Waals surface area contributed by atoms with Crippen molar-refractivity contribution in [2.24, 2.45) is 0 Å². The van der Waals surface area contributed by atoms with Crippen LogP contribution in [-0.2, 0) is 10.0 Å². The fourth-order valence-corrected chi connectivity index (χ4v) is 5.52. The highest BCUT2D eigenvalue weighted by molar-refractivity contribution is 7.93. The molecule has 0 aliphatic heterocycles. The van der Waals surface area contributed by atoms with Gasteiger partial charge in [-0.3, -0.25) is 4.31 Å². The summed E-state index contributed by atoms with van der Waals surface area (Å²) in [4.78, 5) is 4.91. The molecule has 0 aliphatic rings. The van der Waals surface area contributed by atoms with E-state index in [4.69, 9.17) is 16.1 Å². The van der Waals surface area contributed by atoms with Crippen molar-refractivity contribution in [3.05, 3.63) is 70.6 Å². The lowest BCUT2D eigenvalue weighted by molar-refractivity contribution is 0.432. The average molecular weight is 446 g/mol. The van der Waals surface area contributed by atoms with Crippen LogP contribution < -0.4 is 4.31 Å². The Morgan fingerprint density at radius 1 is 1.10 bits per heavy atom. The summed E-state index contributed by atoms with van der Waals surface area (Å²) in [6, 6.07) is 15.9. The smallest absolute Gasteiger partial charge is 0.269 e. The van der Waals surface area contributed by atoms with E-state index in [1.165, 1.54) is 28.8 Å². The molecule has 0 amide bonds. The highest BCUT2D eigenvalue weighted by Crippen LogP contribution is 2.35. The third-order valence-electron chi connectivity index (χ3n) is 4.34. The summed E-state index contributed by atoms with van der Waals surface area (Å²) in [7, 11) is -2.37. The second-order valence-electron chi connectivity index (χ2n) is 6.36. The fourth-order valence-electron chi connectivity index (χ4n) is 2.83. The van der Waals surface area contributed by atoms with Gasteiger partial charge in [0.25, 0.3) is 15.9 Å². The lowest BCUT2D eigenvalue weighted by Crippen LogP contribution is -2.26. The number of thiophene rings is 1. The number of hydrogen-bond acceptors (Lipinski definition) is 6. The van der Waals surface area contributed by atoms with Gasteiger partial charge in [-0.1, -0.05) is 46.6 Å². The molecule has 29 heavy (non-hydrogen) atoms. The normalized spacial score (nSPS) is 11.6. The number of aryl methyl sites for hydroxylation is 1. The van der Waals surface area contributed by atoms with Crippen LogP contribution in [0.1, 0.15) is 5.56 Å². The molecule has 4 rings (SSSR count). The Morgan fingerprint density at radius 2 is 1.90 bits per heavy atom. The van der Waals surface area contributed by atoms with Gasteiger partial charge in [0.05, 0.1) is 5.69 Å². The number of anilines is 1. The molecule has 2 aromatic heterocycles. The summed E-state index contributed by atoms with van der Waals surface area (Å²) in [6.45, 7) is 1.97. The van der Waals surface area contributed by atoms with Gasteiger partial charge in [-0.15, -0.1) is 11.3 Å². The molecule has 4 aromatic rings. The number of sulfonamides is 1. The van der Waals surface area contributed by atoms with Gasteiger partial charge in [-0.2, -0.15) is 4.98 Å². The van der Waals surface area contributed by atoms with Gasteiger partial charge in [-0.25, -0.2) is 8.42 Å². The molecule has 2 aromatic carbocycles. The van der Waals surface area contributed by atoms with Crippen molar-refractivity contribution in [2.45, 2.75) is 11.8 Å². The van der Waals surface area contributed by atoms with Crippen LogP contribution in [0.5, 0.6) is 0 Å². The minimum absolute atomic E-state index is 0.101. The maximum Gasteiger partial charge on any atom is 0.269 e. The van der Waals surface area contributed by atoms with Crippen LogP contribution in [0.2, 0.25) is 5.02 Å². The van der Waals surface area contributed by atoms with E-state index in [2.05, 4.69) is 10.1 Å². The van der Waals surface area contributed by atoms with Gasteiger partial charge in [0.15, 0.2) is 0 Å². The molecule has 6 nitrogen and oxygen atoms in total. The monoisotopic (exact) mass is 445 g/mol. The summed E-state index contributed by atoms with van der Waals surface area (Å²) in [5.74, 6) is 0.568. The molecule has 0 N–H and O–H groups in total. The van der Waals surface area contributed by atoms with Crippen LogP contribution in [0.3, 0.4) is 0 Å². The molecule has 148 valence electrons. The molecule has 0 fully saturated rings. The zero-order valence-corrected chi connectivity index (χ0v) is 17.9. The van der Waals surface area contributed by atoms with Crippen LogP contribution in [0.25, 0.3) is 22.2 Å². The predicted molar refractivity (Wildman–Crippen MR) is 115 cm³/mol. The van der Waals surface area contributed by atoms with E-state index in [9.17, 15) is 8.42 Å². The van der Waals surface area contributed by atoms with E-state index in [0.29, 0.717) is 21.4 Å². The van der Waals surface area contributed by atoms with E-state index in [1.807, 2.05) is 31.2 Å². The number of rotatable bonds is 5. The number of nitrogens with zero attached hydrogens (tertiary/aromatic N) is 3. The van der Waals surface area contributed by atoms with Crippen LogP contribution in [0, 0.1) is 6.92 Å². The molecule has 0 saturated carbocycles. The number of aromatic nitrogens is 2. The molecular formula is C20H16ClN3O3S2. The highest BCUT2D eigenvalue weighted by atomic mass is 35.5. The van der Waals surface area contributed by atoms with Crippen molar-refractivity contribution in [2.75, 3.05) is 11.4 Å². The second kappa shape index (κ2) is 7.62. The minimum atomic E-state index is -3.85. The van der Waals surface area contributed by atoms with E-state index < -0.39 is 10.0 Å². The first-order valence-corrected chi connectivity index (χ1v) is 11.3. The summed E-state index contributed by atoms with van der Waals surface area (Å²) in [5.41, 5.74) is 2.33. The van der Waals surface area contributed by atoms with E-state index >= 15 is 0 Å². The zero-order valence-electron chi connectivity index (χ0n) is 15.5. The first-order valence-electron chi connectivity index (χ1n) is 8.59. The molecule has 0 radical (unpaired) electrons. The Morgan fingerprint density at radius 3 is 2.66 bits per heavy atom. The Labute approximate surface area is 177 Å². The summed E-state index contributed by atoms with van der Waals surface area (Å²) in [5, 5.41) is 6.15. The molecule has 0 bridgehead atoms. The van der Waals surface area contributed by atoms with Gasteiger partial charge in [0.1, 0.15) is 9.77 Å². The van der Waals surface area contributed by atoms with Crippen molar-refractivity contribution in [3.8, 4) is 22.2 Å². The minimum Gasteiger partial charge on any atom is -0.333 e. The van der Waals surface area contributed by atoms with Crippen LogP contribution >= 0.6 is 22.9 Å². The van der Waals surface area contributed by atoms with Crippen molar-refractivity contribution >= 4 is 38.6 Å². The first-order chi connectivity index (χ1) is 13.9. The van der Waals surface area contributed by atoms with E-state index in [0.717, 1.165) is 11.1 Å². The fraction of sp³-hybridized carbons (Fsp3) is 0.100. The average Bonchev–Trinajstić information content (AvgIpc) is 3.37. The predicted octanol–water partition coefficient (Wildman–Crippen LogP) is 5.25. The number of benzene rings is 2. The largest absolute Gasteiger partial charge is 0.333 e. The SMILES string of the molecule is Cc1cccc(-c2noc(-c3sccc3S(=O)(=O)N(C)c3cccc(Cl)c3)n2)c1. The Kier molecular flexibility index (Phi) is 5.16. The highest BCUT2D eigenvalue weighted by Gasteiger charge is 2.28. The third-order valence-corrected chi connectivity index (χ3v) is 7.43. The molecule has 0 atom stereocenters. The van der Waals surface area contributed by atoms with Gasteiger partial charge < -0.3 is 4.52 Å². The number of hydrogen-bond donors (Lipinski definition) is 0. The van der Waals surface area contributed by atoms with Crippen molar-refractivity contribution in [1.29, 1.82) is 0 Å². The topological polar surface area (TPSA) is 76.3 Å². The maximum atomic E-state index is 13.2. The van der Waals surface area contributed by atoms with Crippen molar-refractivity contribution < 1.29 is 12.9 Å². The third kappa shape index (κ3) is 3.78. The van der Waals surface area contributed by atoms with Gasteiger partial charge in [-0.05, 0) is 42.6 Å². The van der Waals surface area contributed by atoms with Gasteiger partial charge in [0.2, 0.25) is 5.82 Å². The van der Waals surface area contributed by atoms with Crippen molar-refractivity contribution in [1.82, 2.24) is 10.1 Å². The van der Waals surface area contributed by atoms with Gasteiger partial charge in [0, 0.05) is 17.6 Å². The van der Waals surface area contributed by atoms with Crippen LogP contribution in [0.4, 0.5) is 5.69 Å². The Bertz CT molecular complexity index is 1280. The molecule has 2 heterocycles. The molecule has 0 saturated heterocycles. The standard InChI is InChI=1S/C20H16ClN3O3S2/c1-13-5-3-6-14(11-13)19-22-20(27-23-19)18-17(9-10-28-18)29(25,26)24(2)16-8-4-7-15(21)12-16/h3-12H,1-2H3. The van der Waals surface area contributed by atoms with Crippen molar-refractivity contribution in [3.63, 3.8) is 0 Å². The maximum absolute atomic E-state index is 13.2. The lowest BCUT2D eigenvalue weighted by atomic mass is 10.1. The summed E-state index contributed by atoms with van der Waals surface area (Å²) >= 11 is 7.24. The lowest BCUT2D eigenvalue weighted by Gasteiger charge is -2.19. The molecule has 0 aliphatic carbocycles. The van der Waals surface area contributed by atoms with Crippen LogP contribution in [-0.4, -0.2) is 25.6 Å². The molecule has 9 heteroatoms. The summed E-state index contributed by atoms with van der Waals surface area (Å²) < 4.78 is 33.0. The number of halogens is 1. The zero-order chi connectivity index (χ0) is 20.6. The summed E-state index contributed by atoms with van der Waals surface area (Å²) in [6.07, 6.45) is 0. The van der Waals surface area contributed by atoms with E-state index in [-0.39, 0.29) is 10.8 Å². The van der Waals surface area contributed by atoms with E-state index in [1.54, 1.807) is 29.6 Å². The Hall–Kier alpha value is -2.68. The van der Waals surface area contributed by atoms with Gasteiger partial charge >= 0.3 is 0 Å². The second-order valence-corrected chi connectivity index (χ2v) is 9.65. The quantitative estimate of drug-likeness (QED) is 0.419.